The lowest BCUT2D eigenvalue weighted by Gasteiger charge is -2.31. The molecule has 1 aromatic carbocycles. The summed E-state index contributed by atoms with van der Waals surface area (Å²) in [5.41, 5.74) is 0.0184. The van der Waals surface area contributed by atoms with Crippen LogP contribution in [0.25, 0.3) is 6.08 Å². The number of H-pyrrole nitrogens is 1. The number of urea groups is 1. The van der Waals surface area contributed by atoms with Gasteiger partial charge in [-0.25, -0.2) is 14.8 Å². The van der Waals surface area contributed by atoms with E-state index >= 15 is 0 Å². The van der Waals surface area contributed by atoms with Crippen LogP contribution in [-0.2, 0) is 12.7 Å². The number of aromatic nitrogens is 3. The van der Waals surface area contributed by atoms with Crippen molar-refractivity contribution < 1.29 is 18.0 Å². The zero-order chi connectivity index (χ0) is 24.8. The highest BCUT2D eigenvalue weighted by molar-refractivity contribution is 7.16. The Kier molecular flexibility index (Phi) is 7.28. The normalized spacial score (nSPS) is 13.7. The number of alkyl halides is 3. The summed E-state index contributed by atoms with van der Waals surface area (Å²) in [5, 5.41) is 12.2. The zero-order valence-corrected chi connectivity index (χ0v) is 19.1. The summed E-state index contributed by atoms with van der Waals surface area (Å²) >= 11 is 1.12. The van der Waals surface area contributed by atoms with Gasteiger partial charge in [0.25, 0.3) is 0 Å². The number of anilines is 2. The third-order valence-corrected chi connectivity index (χ3v) is 5.84. The molecule has 0 radical (unpaired) electrons. The number of amides is 2. The first-order chi connectivity index (χ1) is 16.8. The molecule has 1 saturated heterocycles. The van der Waals surface area contributed by atoms with Crippen molar-refractivity contribution in [1.82, 2.24) is 19.9 Å². The van der Waals surface area contributed by atoms with Crippen molar-refractivity contribution in [3.8, 4) is 11.8 Å². The van der Waals surface area contributed by atoms with Gasteiger partial charge in [-0.1, -0.05) is 17.4 Å². The number of aromatic amines is 1. The van der Waals surface area contributed by atoms with Gasteiger partial charge in [0, 0.05) is 18.4 Å². The average molecular weight is 500 g/mol. The molecular formula is C23H20F3N7OS. The Labute approximate surface area is 202 Å². The first-order valence-electron chi connectivity index (χ1n) is 10.5. The minimum absolute atomic E-state index is 0.0332. The molecule has 0 spiro atoms. The lowest BCUT2D eigenvalue weighted by molar-refractivity contribution is -0.138. The molecule has 3 heterocycles. The highest BCUT2D eigenvalue weighted by Gasteiger charge is 2.34. The first kappa shape index (κ1) is 24.2. The predicted molar refractivity (Wildman–Crippen MR) is 128 cm³/mol. The van der Waals surface area contributed by atoms with Gasteiger partial charge in [0.1, 0.15) is 11.5 Å². The molecule has 0 saturated carbocycles. The molecule has 180 valence electrons. The van der Waals surface area contributed by atoms with E-state index in [4.69, 9.17) is 5.41 Å². The number of likely N-dealkylation sites (tertiary alicyclic amines) is 1. The number of allylic oxidation sites excluding steroid dienone is 1. The van der Waals surface area contributed by atoms with Gasteiger partial charge >= 0.3 is 12.2 Å². The maximum absolute atomic E-state index is 13.6. The summed E-state index contributed by atoms with van der Waals surface area (Å²) in [6.45, 7) is 1.79. The van der Waals surface area contributed by atoms with E-state index in [9.17, 15) is 18.0 Å². The van der Waals surface area contributed by atoms with Crippen LogP contribution in [0.2, 0.25) is 0 Å². The number of thiazole rings is 1. The van der Waals surface area contributed by atoms with Crippen molar-refractivity contribution in [2.45, 2.75) is 19.1 Å². The average Bonchev–Trinajstić information content (AvgIpc) is 3.42. The van der Waals surface area contributed by atoms with E-state index in [0.717, 1.165) is 43.1 Å². The summed E-state index contributed by atoms with van der Waals surface area (Å²) in [7, 11) is 0. The third-order valence-electron chi connectivity index (χ3n) is 5.01. The first-order valence-corrected chi connectivity index (χ1v) is 11.3. The van der Waals surface area contributed by atoms with E-state index in [2.05, 4.69) is 37.4 Å². The van der Waals surface area contributed by atoms with Gasteiger partial charge in [-0.3, -0.25) is 10.2 Å². The summed E-state index contributed by atoms with van der Waals surface area (Å²) in [6, 6.07) is 3.09. The summed E-state index contributed by atoms with van der Waals surface area (Å²) < 4.78 is 40.7. The van der Waals surface area contributed by atoms with Crippen LogP contribution in [0, 0.1) is 17.3 Å². The van der Waals surface area contributed by atoms with E-state index in [1.165, 1.54) is 24.4 Å². The van der Waals surface area contributed by atoms with Crippen LogP contribution in [0.15, 0.2) is 36.7 Å². The number of hydrogen-bond donors (Lipinski definition) is 4. The zero-order valence-electron chi connectivity index (χ0n) is 18.2. The minimum Gasteiger partial charge on any atom is -0.332 e. The molecule has 1 aliphatic heterocycles. The van der Waals surface area contributed by atoms with Crippen molar-refractivity contribution in [2.75, 3.05) is 23.7 Å². The highest BCUT2D eigenvalue weighted by atomic mass is 32.1. The summed E-state index contributed by atoms with van der Waals surface area (Å²) in [4.78, 5) is 26.0. The summed E-state index contributed by atoms with van der Waals surface area (Å²) in [5.74, 6) is 6.34. The number of benzene rings is 1. The van der Waals surface area contributed by atoms with Crippen LogP contribution >= 0.6 is 11.3 Å². The largest absolute Gasteiger partial charge is 0.416 e. The number of nitrogens with one attached hydrogen (secondary N) is 4. The second-order valence-electron chi connectivity index (χ2n) is 7.57. The third kappa shape index (κ3) is 6.56. The fourth-order valence-electron chi connectivity index (χ4n) is 3.24. The molecule has 8 nitrogen and oxygen atoms in total. The second kappa shape index (κ2) is 10.5. The van der Waals surface area contributed by atoms with Crippen molar-refractivity contribution in [2.24, 2.45) is 0 Å². The van der Waals surface area contributed by atoms with Crippen molar-refractivity contribution in [3.05, 3.63) is 64.2 Å². The summed E-state index contributed by atoms with van der Waals surface area (Å²) in [6.07, 6.45) is 3.77. The molecule has 12 heteroatoms. The van der Waals surface area contributed by atoms with Gasteiger partial charge in [-0.2, -0.15) is 13.2 Å². The molecule has 0 unspecified atom stereocenters. The number of halogens is 3. The second-order valence-corrected chi connectivity index (χ2v) is 8.60. The van der Waals surface area contributed by atoms with Crippen LogP contribution in [0.1, 0.15) is 33.9 Å². The van der Waals surface area contributed by atoms with Crippen molar-refractivity contribution >= 4 is 40.5 Å². The Balaban J connectivity index is 1.38. The molecule has 4 rings (SSSR count). The fraction of sp³-hybridized carbons (Fsp3) is 0.217. The monoisotopic (exact) mass is 499 g/mol. The predicted octanol–water partition coefficient (Wildman–Crippen LogP) is 4.80. The van der Waals surface area contributed by atoms with Crippen LogP contribution in [-0.4, -0.2) is 45.2 Å². The Morgan fingerprint density at radius 3 is 2.77 bits per heavy atom. The number of imidazole rings is 1. The van der Waals surface area contributed by atoms with E-state index in [1.807, 2.05) is 4.90 Å². The SMILES string of the molecule is N=C/C=C\c1ncc(C#Cc2cnc(NC(=O)Nc3ccc(CN4CCC4)c(C(F)(F)F)c3)s2)[nH]1. The molecule has 1 aliphatic rings. The van der Waals surface area contributed by atoms with Crippen LogP contribution < -0.4 is 10.6 Å². The van der Waals surface area contributed by atoms with E-state index < -0.39 is 17.8 Å². The Morgan fingerprint density at radius 1 is 1.23 bits per heavy atom. The smallest absolute Gasteiger partial charge is 0.332 e. The van der Waals surface area contributed by atoms with Gasteiger partial charge < -0.3 is 15.7 Å². The molecule has 0 bridgehead atoms. The Hall–Kier alpha value is -3.95. The number of carbonyl (C=O) groups is 1. The molecular weight excluding hydrogens is 479 g/mol. The molecule has 2 amide bonds. The molecule has 3 aromatic rings. The molecule has 1 fully saturated rings. The van der Waals surface area contributed by atoms with Crippen molar-refractivity contribution in [3.63, 3.8) is 0 Å². The molecule has 0 aliphatic carbocycles. The lowest BCUT2D eigenvalue weighted by Crippen LogP contribution is -2.36. The molecule has 35 heavy (non-hydrogen) atoms. The van der Waals surface area contributed by atoms with Crippen LogP contribution in [0.3, 0.4) is 0 Å². The number of nitrogens with zero attached hydrogens (tertiary/aromatic N) is 3. The Morgan fingerprint density at radius 2 is 2.06 bits per heavy atom. The van der Waals surface area contributed by atoms with Gasteiger partial charge in [-0.15, -0.1) is 0 Å². The number of hydrogen-bond acceptors (Lipinski definition) is 6. The van der Waals surface area contributed by atoms with Gasteiger partial charge in [0.05, 0.1) is 22.8 Å². The van der Waals surface area contributed by atoms with Gasteiger partial charge in [-0.05, 0) is 61.2 Å². The Bertz CT molecular complexity index is 1310. The maximum atomic E-state index is 13.6. The van der Waals surface area contributed by atoms with E-state index in [1.54, 1.807) is 12.3 Å². The standard InChI is InChI=1S/C23H20F3N7OS/c24-23(25,26)19-11-16(5-4-15(19)14-33-9-2-10-33)31-21(34)32-22-29-13-18(35-22)7-6-17-12-28-20(30-17)3-1-8-27/h1,3-5,8,11-13,27H,2,9-10,14H2,(H,28,30)(H2,29,31,32,34)/b3-1-,27-8?. The minimum atomic E-state index is -4.52. The van der Waals surface area contributed by atoms with Gasteiger partial charge in [0.15, 0.2) is 5.13 Å². The number of carbonyl (C=O) groups excluding carboxylic acids is 1. The molecule has 0 atom stereocenters. The quantitative estimate of drug-likeness (QED) is 0.289. The fourth-order valence-corrected chi connectivity index (χ4v) is 3.90. The van der Waals surface area contributed by atoms with Crippen LogP contribution in [0.5, 0.6) is 0 Å². The van der Waals surface area contributed by atoms with Crippen molar-refractivity contribution in [1.29, 1.82) is 5.41 Å². The molecule has 4 N–H and O–H groups in total. The maximum Gasteiger partial charge on any atom is 0.416 e. The topological polar surface area (TPSA) is 110 Å². The van der Waals surface area contributed by atoms with Crippen LogP contribution in [0.4, 0.5) is 28.8 Å². The lowest BCUT2D eigenvalue weighted by atomic mass is 10.0. The highest BCUT2D eigenvalue weighted by Crippen LogP contribution is 2.35. The number of rotatable bonds is 6. The molecule has 2 aromatic heterocycles. The van der Waals surface area contributed by atoms with E-state index in [-0.39, 0.29) is 22.9 Å². The van der Waals surface area contributed by atoms with E-state index in [0.29, 0.717) is 16.4 Å². The van der Waals surface area contributed by atoms with Gasteiger partial charge in [0.2, 0.25) is 0 Å².